The lowest BCUT2D eigenvalue weighted by Gasteiger charge is -2.18. The average molecular weight is 503 g/mol. The number of anilines is 1. The zero-order valence-corrected chi connectivity index (χ0v) is 20.8. The monoisotopic (exact) mass is 502 g/mol. The van der Waals surface area contributed by atoms with Gasteiger partial charge in [0.25, 0.3) is 5.56 Å². The van der Waals surface area contributed by atoms with Crippen LogP contribution >= 0.6 is 0 Å². The largest absolute Gasteiger partial charge is 0.449 e. The second-order valence-electron chi connectivity index (χ2n) is 9.06. The van der Waals surface area contributed by atoms with Crippen molar-refractivity contribution in [1.29, 1.82) is 0 Å². The Kier molecular flexibility index (Phi) is 8.02. The molecule has 9 heteroatoms. The third-order valence-corrected chi connectivity index (χ3v) is 6.28. The Bertz CT molecular complexity index is 1320. The summed E-state index contributed by atoms with van der Waals surface area (Å²) in [4.78, 5) is 51.2. The van der Waals surface area contributed by atoms with Crippen LogP contribution in [0.2, 0.25) is 0 Å². The standard InChI is InChI=1S/C28H30N4O5/c1-17-14-25(26(34)30-15-17)32-27(35)24(31-18(2)33)12-7-13-29-28(36)37-16-23-21-10-5-3-8-19(21)20-9-4-6-11-22(20)23/h3-6,8-11,14-15,23-24H,7,12-13,16H2,1-2H3,(H,29,36)(H,30,34)(H,31,33)(H,32,35)/t24-/m0/s1. The average Bonchev–Trinajstić information content (AvgIpc) is 3.20. The molecule has 0 saturated heterocycles. The number of hydrogen-bond donors (Lipinski definition) is 4. The number of alkyl carbamates (subject to hydrolysis) is 1. The van der Waals surface area contributed by atoms with Gasteiger partial charge in [0, 0.05) is 25.6 Å². The second-order valence-corrected chi connectivity index (χ2v) is 9.06. The van der Waals surface area contributed by atoms with Crippen molar-refractivity contribution in [3.63, 3.8) is 0 Å². The van der Waals surface area contributed by atoms with Crippen LogP contribution in [0, 0.1) is 6.92 Å². The molecule has 1 aliphatic rings. The van der Waals surface area contributed by atoms with E-state index in [0.29, 0.717) is 6.42 Å². The van der Waals surface area contributed by atoms with E-state index in [1.807, 2.05) is 24.3 Å². The van der Waals surface area contributed by atoms with Crippen LogP contribution in [-0.2, 0) is 14.3 Å². The van der Waals surface area contributed by atoms with Crippen LogP contribution in [0.25, 0.3) is 11.1 Å². The zero-order chi connectivity index (χ0) is 26.4. The summed E-state index contributed by atoms with van der Waals surface area (Å²) in [6.07, 6.45) is 1.66. The van der Waals surface area contributed by atoms with E-state index >= 15 is 0 Å². The van der Waals surface area contributed by atoms with E-state index in [9.17, 15) is 19.2 Å². The molecule has 1 atom stereocenters. The fourth-order valence-corrected chi connectivity index (χ4v) is 4.56. The van der Waals surface area contributed by atoms with Crippen LogP contribution in [0.4, 0.5) is 10.5 Å². The molecule has 4 rings (SSSR count). The zero-order valence-electron chi connectivity index (χ0n) is 20.8. The van der Waals surface area contributed by atoms with Gasteiger partial charge in [0.15, 0.2) is 0 Å². The lowest BCUT2D eigenvalue weighted by atomic mass is 9.98. The number of ether oxygens (including phenoxy) is 1. The lowest BCUT2D eigenvalue weighted by molar-refractivity contribution is -0.125. The maximum atomic E-state index is 12.7. The van der Waals surface area contributed by atoms with Gasteiger partial charge in [-0.3, -0.25) is 14.4 Å². The number of pyridine rings is 1. The first-order valence-electron chi connectivity index (χ1n) is 12.2. The summed E-state index contributed by atoms with van der Waals surface area (Å²) in [5.41, 5.74) is 5.03. The fraction of sp³-hybridized carbons (Fsp3) is 0.286. The maximum absolute atomic E-state index is 12.7. The fourth-order valence-electron chi connectivity index (χ4n) is 4.56. The second kappa shape index (κ2) is 11.6. The first-order valence-corrected chi connectivity index (χ1v) is 12.2. The summed E-state index contributed by atoms with van der Waals surface area (Å²) >= 11 is 0. The minimum absolute atomic E-state index is 0.0317. The highest BCUT2D eigenvalue weighted by Gasteiger charge is 2.29. The first kappa shape index (κ1) is 25.7. The minimum Gasteiger partial charge on any atom is -0.449 e. The van der Waals surface area contributed by atoms with Gasteiger partial charge in [0.05, 0.1) is 0 Å². The number of aromatic amines is 1. The summed E-state index contributed by atoms with van der Waals surface area (Å²) < 4.78 is 5.52. The number of fused-ring (bicyclic) bond motifs is 3. The van der Waals surface area contributed by atoms with E-state index in [1.165, 1.54) is 13.1 Å². The molecule has 3 aromatic rings. The Morgan fingerprint density at radius 2 is 1.68 bits per heavy atom. The van der Waals surface area contributed by atoms with Gasteiger partial charge in [-0.1, -0.05) is 48.5 Å². The van der Waals surface area contributed by atoms with Crippen molar-refractivity contribution in [2.45, 2.75) is 38.6 Å². The van der Waals surface area contributed by atoms with E-state index in [0.717, 1.165) is 27.8 Å². The van der Waals surface area contributed by atoms with Crippen LogP contribution in [0.3, 0.4) is 0 Å². The number of hydrogen-bond acceptors (Lipinski definition) is 5. The maximum Gasteiger partial charge on any atom is 0.407 e. The molecule has 0 radical (unpaired) electrons. The SMILES string of the molecule is CC(=O)N[C@@H](CCCNC(=O)OCC1c2ccccc2-c2ccccc21)C(=O)Nc1cc(C)c[nH]c1=O. The van der Waals surface area contributed by atoms with Gasteiger partial charge in [-0.15, -0.1) is 0 Å². The molecule has 0 spiro atoms. The molecule has 1 heterocycles. The van der Waals surface area contributed by atoms with Crippen LogP contribution in [0.1, 0.15) is 42.4 Å². The van der Waals surface area contributed by atoms with Gasteiger partial charge in [0.2, 0.25) is 11.8 Å². The lowest BCUT2D eigenvalue weighted by Crippen LogP contribution is -2.44. The first-order chi connectivity index (χ1) is 17.8. The van der Waals surface area contributed by atoms with E-state index < -0.39 is 23.6 Å². The Labute approximate surface area is 214 Å². The number of benzene rings is 2. The molecular formula is C28H30N4O5. The molecular weight excluding hydrogens is 472 g/mol. The summed E-state index contributed by atoms with van der Waals surface area (Å²) in [5, 5.41) is 7.87. The number of nitrogens with one attached hydrogen (secondary N) is 4. The van der Waals surface area contributed by atoms with Crippen molar-refractivity contribution in [1.82, 2.24) is 15.6 Å². The molecule has 0 saturated carbocycles. The molecule has 1 aliphatic carbocycles. The van der Waals surface area contributed by atoms with E-state index in [-0.39, 0.29) is 37.1 Å². The van der Waals surface area contributed by atoms with Gasteiger partial charge in [0.1, 0.15) is 18.3 Å². The Balaban J connectivity index is 1.27. The molecule has 192 valence electrons. The molecule has 9 nitrogen and oxygen atoms in total. The van der Waals surface area contributed by atoms with Gasteiger partial charge < -0.3 is 25.7 Å². The van der Waals surface area contributed by atoms with E-state index in [4.69, 9.17) is 4.74 Å². The topological polar surface area (TPSA) is 129 Å². The minimum atomic E-state index is -0.860. The predicted molar refractivity (Wildman–Crippen MR) is 140 cm³/mol. The number of H-pyrrole nitrogens is 1. The number of amides is 3. The molecule has 37 heavy (non-hydrogen) atoms. The number of aromatic nitrogens is 1. The highest BCUT2D eigenvalue weighted by atomic mass is 16.5. The van der Waals surface area contributed by atoms with Crippen LogP contribution in [0.5, 0.6) is 0 Å². The van der Waals surface area contributed by atoms with Crippen LogP contribution < -0.4 is 21.5 Å². The van der Waals surface area contributed by atoms with Crippen molar-refractivity contribution in [3.05, 3.63) is 87.8 Å². The smallest absolute Gasteiger partial charge is 0.407 e. The van der Waals surface area contributed by atoms with Crippen molar-refractivity contribution >= 4 is 23.6 Å². The quantitative estimate of drug-likeness (QED) is 0.333. The third kappa shape index (κ3) is 6.24. The normalized spacial score (nSPS) is 12.7. The van der Waals surface area contributed by atoms with Gasteiger partial charge in [-0.25, -0.2) is 4.79 Å². The highest BCUT2D eigenvalue weighted by Crippen LogP contribution is 2.44. The van der Waals surface area contributed by atoms with E-state index in [2.05, 4.69) is 45.2 Å². The van der Waals surface area contributed by atoms with Crippen LogP contribution in [-0.4, -0.2) is 42.1 Å². The summed E-state index contributed by atoms with van der Waals surface area (Å²) in [6.45, 7) is 3.56. The van der Waals surface area contributed by atoms with Gasteiger partial charge in [-0.2, -0.15) is 0 Å². The third-order valence-electron chi connectivity index (χ3n) is 6.28. The van der Waals surface area contributed by atoms with Gasteiger partial charge >= 0.3 is 6.09 Å². The number of aryl methyl sites for hydroxylation is 1. The Morgan fingerprint density at radius 1 is 1.03 bits per heavy atom. The molecule has 0 fully saturated rings. The van der Waals surface area contributed by atoms with Crippen molar-refractivity contribution < 1.29 is 19.1 Å². The molecule has 0 unspecified atom stereocenters. The highest BCUT2D eigenvalue weighted by molar-refractivity contribution is 5.96. The predicted octanol–water partition coefficient (Wildman–Crippen LogP) is 3.45. The number of carbonyl (C=O) groups excluding carboxylic acids is 3. The summed E-state index contributed by atoms with van der Waals surface area (Å²) in [6, 6.07) is 16.9. The van der Waals surface area contributed by atoms with Crippen molar-refractivity contribution in [2.24, 2.45) is 0 Å². The van der Waals surface area contributed by atoms with E-state index in [1.54, 1.807) is 13.0 Å². The summed E-state index contributed by atoms with van der Waals surface area (Å²) in [5.74, 6) is -0.911. The Morgan fingerprint density at radius 3 is 2.32 bits per heavy atom. The molecule has 4 N–H and O–H groups in total. The summed E-state index contributed by atoms with van der Waals surface area (Å²) in [7, 11) is 0. The molecule has 1 aromatic heterocycles. The molecule has 0 aliphatic heterocycles. The molecule has 0 bridgehead atoms. The van der Waals surface area contributed by atoms with Crippen molar-refractivity contribution in [3.8, 4) is 11.1 Å². The van der Waals surface area contributed by atoms with Crippen molar-refractivity contribution in [2.75, 3.05) is 18.5 Å². The van der Waals surface area contributed by atoms with Crippen LogP contribution in [0.15, 0.2) is 65.6 Å². The van der Waals surface area contributed by atoms with Gasteiger partial charge in [-0.05, 0) is 53.6 Å². The number of rotatable bonds is 9. The molecule has 3 amide bonds. The number of carbonyl (C=O) groups is 3. The molecule has 2 aromatic carbocycles. The Hall–Kier alpha value is -4.40.